The third kappa shape index (κ3) is 1.84. The van der Waals surface area contributed by atoms with E-state index >= 15 is 0 Å². The minimum atomic E-state index is -0.717. The number of hydrogen-bond donors (Lipinski definition) is 1. The van der Waals surface area contributed by atoms with Gasteiger partial charge >= 0.3 is 0 Å². The Kier molecular flexibility index (Phi) is 2.98. The topological polar surface area (TPSA) is 12.0 Å². The molecular formula is C13H17F2N. The fraction of sp³-hybridized carbons (Fsp3) is 0.538. The van der Waals surface area contributed by atoms with Crippen molar-refractivity contribution >= 4 is 0 Å². The molecule has 88 valence electrons. The van der Waals surface area contributed by atoms with E-state index in [2.05, 4.69) is 12.2 Å². The standard InChI is InChI=1S/C13H17F2N/c1-7-4-5-9(12(15)11(7)14)13(16-3)10-6-8(10)2/h4-5,8,10,13,16H,6H2,1-3H3. The second-order valence-corrected chi connectivity index (χ2v) is 4.74. The minimum absolute atomic E-state index is 0.0647. The second kappa shape index (κ2) is 4.13. The summed E-state index contributed by atoms with van der Waals surface area (Å²) in [6.45, 7) is 3.72. The zero-order valence-corrected chi connectivity index (χ0v) is 9.85. The summed E-state index contributed by atoms with van der Waals surface area (Å²) >= 11 is 0. The van der Waals surface area contributed by atoms with Crippen molar-refractivity contribution in [3.63, 3.8) is 0 Å². The average Bonchev–Trinajstić information content (AvgIpc) is 2.97. The maximum atomic E-state index is 13.8. The van der Waals surface area contributed by atoms with Crippen LogP contribution in [0.2, 0.25) is 0 Å². The lowest BCUT2D eigenvalue weighted by atomic mass is 9.99. The van der Waals surface area contributed by atoms with Gasteiger partial charge in [0.2, 0.25) is 0 Å². The number of halogens is 2. The van der Waals surface area contributed by atoms with E-state index in [-0.39, 0.29) is 6.04 Å². The van der Waals surface area contributed by atoms with E-state index in [1.165, 1.54) is 0 Å². The molecule has 1 fully saturated rings. The molecule has 3 atom stereocenters. The maximum absolute atomic E-state index is 13.8. The van der Waals surface area contributed by atoms with Gasteiger partial charge in [-0.2, -0.15) is 0 Å². The lowest BCUT2D eigenvalue weighted by Gasteiger charge is -2.18. The molecular weight excluding hydrogens is 208 g/mol. The fourth-order valence-corrected chi connectivity index (χ4v) is 2.32. The normalized spacial score (nSPS) is 25.6. The zero-order valence-electron chi connectivity index (χ0n) is 9.85. The van der Waals surface area contributed by atoms with E-state index < -0.39 is 11.6 Å². The van der Waals surface area contributed by atoms with Crippen LogP contribution in [-0.4, -0.2) is 7.05 Å². The van der Waals surface area contributed by atoms with Gasteiger partial charge in [-0.05, 0) is 37.8 Å². The monoisotopic (exact) mass is 225 g/mol. The zero-order chi connectivity index (χ0) is 11.9. The van der Waals surface area contributed by atoms with Gasteiger partial charge in [-0.15, -0.1) is 0 Å². The summed E-state index contributed by atoms with van der Waals surface area (Å²) in [6, 6.07) is 3.27. The summed E-state index contributed by atoms with van der Waals surface area (Å²) < 4.78 is 27.3. The third-order valence-corrected chi connectivity index (χ3v) is 3.55. The van der Waals surface area contributed by atoms with Crippen LogP contribution in [0.25, 0.3) is 0 Å². The van der Waals surface area contributed by atoms with Crippen LogP contribution in [-0.2, 0) is 0 Å². The first-order chi connectivity index (χ1) is 7.56. The van der Waals surface area contributed by atoms with Gasteiger partial charge in [-0.1, -0.05) is 19.1 Å². The smallest absolute Gasteiger partial charge is 0.163 e. The van der Waals surface area contributed by atoms with Gasteiger partial charge in [0.15, 0.2) is 11.6 Å². The molecule has 0 amide bonds. The molecule has 0 radical (unpaired) electrons. The number of hydrogen-bond acceptors (Lipinski definition) is 1. The summed E-state index contributed by atoms with van der Waals surface area (Å²) in [5.74, 6) is -0.382. The molecule has 3 unspecified atom stereocenters. The molecule has 0 saturated heterocycles. The van der Waals surface area contributed by atoms with Crippen LogP contribution < -0.4 is 5.32 Å². The highest BCUT2D eigenvalue weighted by Crippen LogP contribution is 2.47. The van der Waals surface area contributed by atoms with Crippen molar-refractivity contribution < 1.29 is 8.78 Å². The van der Waals surface area contributed by atoms with Crippen LogP contribution in [0.5, 0.6) is 0 Å². The molecule has 1 aliphatic rings. The lowest BCUT2D eigenvalue weighted by Crippen LogP contribution is -2.21. The van der Waals surface area contributed by atoms with Crippen molar-refractivity contribution in [1.29, 1.82) is 0 Å². The maximum Gasteiger partial charge on any atom is 0.163 e. The predicted octanol–water partition coefficient (Wildman–Crippen LogP) is 3.19. The molecule has 0 spiro atoms. The van der Waals surface area contributed by atoms with Crippen molar-refractivity contribution in [2.24, 2.45) is 11.8 Å². The summed E-state index contributed by atoms with van der Waals surface area (Å²) in [5.41, 5.74) is 0.819. The van der Waals surface area contributed by atoms with Gasteiger partial charge in [0.05, 0.1) is 0 Å². The van der Waals surface area contributed by atoms with Gasteiger partial charge in [0, 0.05) is 11.6 Å². The highest BCUT2D eigenvalue weighted by atomic mass is 19.2. The number of nitrogens with one attached hydrogen (secondary N) is 1. The predicted molar refractivity (Wildman–Crippen MR) is 60.2 cm³/mol. The van der Waals surface area contributed by atoms with Gasteiger partial charge in [-0.3, -0.25) is 0 Å². The second-order valence-electron chi connectivity index (χ2n) is 4.74. The molecule has 2 rings (SSSR count). The van der Waals surface area contributed by atoms with Crippen LogP contribution in [0.4, 0.5) is 8.78 Å². The molecule has 1 aromatic rings. The molecule has 3 heteroatoms. The summed E-state index contributed by atoms with van der Waals surface area (Å²) in [5, 5.41) is 3.09. The Labute approximate surface area is 94.9 Å². The highest BCUT2D eigenvalue weighted by Gasteiger charge is 2.40. The van der Waals surface area contributed by atoms with E-state index in [9.17, 15) is 8.78 Å². The summed E-state index contributed by atoms with van der Waals surface area (Å²) in [7, 11) is 1.80. The van der Waals surface area contributed by atoms with Crippen LogP contribution in [0.1, 0.15) is 30.5 Å². The Morgan fingerprint density at radius 3 is 2.44 bits per heavy atom. The largest absolute Gasteiger partial charge is 0.313 e. The highest BCUT2D eigenvalue weighted by molar-refractivity contribution is 5.29. The number of aryl methyl sites for hydroxylation is 1. The number of benzene rings is 1. The van der Waals surface area contributed by atoms with Crippen molar-refractivity contribution in [1.82, 2.24) is 5.32 Å². The van der Waals surface area contributed by atoms with Crippen molar-refractivity contribution in [3.8, 4) is 0 Å². The van der Waals surface area contributed by atoms with E-state index in [1.54, 1.807) is 26.1 Å². The molecule has 1 aromatic carbocycles. The summed E-state index contributed by atoms with van der Waals surface area (Å²) in [6.07, 6.45) is 1.08. The van der Waals surface area contributed by atoms with Crippen molar-refractivity contribution in [2.75, 3.05) is 7.05 Å². The van der Waals surface area contributed by atoms with Gasteiger partial charge in [0.25, 0.3) is 0 Å². The lowest BCUT2D eigenvalue weighted by molar-refractivity contribution is 0.443. The molecule has 16 heavy (non-hydrogen) atoms. The van der Waals surface area contributed by atoms with Gasteiger partial charge in [-0.25, -0.2) is 8.78 Å². The molecule has 0 heterocycles. The van der Waals surface area contributed by atoms with Crippen LogP contribution in [0, 0.1) is 30.4 Å². The Hall–Kier alpha value is -0.960. The van der Waals surface area contributed by atoms with Crippen molar-refractivity contribution in [2.45, 2.75) is 26.3 Å². The van der Waals surface area contributed by atoms with Crippen molar-refractivity contribution in [3.05, 3.63) is 34.9 Å². The Bertz CT molecular complexity index is 403. The molecule has 0 bridgehead atoms. The molecule has 1 aliphatic carbocycles. The molecule has 0 aliphatic heterocycles. The van der Waals surface area contributed by atoms with Crippen LogP contribution >= 0.6 is 0 Å². The molecule has 0 aromatic heterocycles. The molecule has 1 N–H and O–H groups in total. The first-order valence-electron chi connectivity index (χ1n) is 5.68. The average molecular weight is 225 g/mol. The Balaban J connectivity index is 2.35. The van der Waals surface area contributed by atoms with Gasteiger partial charge < -0.3 is 5.32 Å². The van der Waals surface area contributed by atoms with E-state index in [4.69, 9.17) is 0 Å². The fourth-order valence-electron chi connectivity index (χ4n) is 2.32. The van der Waals surface area contributed by atoms with Gasteiger partial charge in [0.1, 0.15) is 0 Å². The minimum Gasteiger partial charge on any atom is -0.313 e. The van der Waals surface area contributed by atoms with E-state index in [0.29, 0.717) is 23.0 Å². The van der Waals surface area contributed by atoms with E-state index in [1.807, 2.05) is 0 Å². The molecule has 1 saturated carbocycles. The molecule has 1 nitrogen and oxygen atoms in total. The summed E-state index contributed by atoms with van der Waals surface area (Å²) in [4.78, 5) is 0. The number of rotatable bonds is 3. The first kappa shape index (κ1) is 11.5. The Morgan fingerprint density at radius 2 is 1.94 bits per heavy atom. The first-order valence-corrected chi connectivity index (χ1v) is 5.68. The van der Waals surface area contributed by atoms with Crippen LogP contribution in [0.15, 0.2) is 12.1 Å². The SMILES string of the molecule is CNC(c1ccc(C)c(F)c1F)C1CC1C. The Morgan fingerprint density at radius 1 is 1.31 bits per heavy atom. The van der Waals surface area contributed by atoms with E-state index in [0.717, 1.165) is 6.42 Å². The quantitative estimate of drug-likeness (QED) is 0.833. The third-order valence-electron chi connectivity index (χ3n) is 3.55. The van der Waals surface area contributed by atoms with Crippen LogP contribution in [0.3, 0.4) is 0 Å².